The van der Waals surface area contributed by atoms with Crippen molar-refractivity contribution in [2.24, 2.45) is 0 Å². The topological polar surface area (TPSA) is 46.9 Å². The number of hydrogen-bond acceptors (Lipinski definition) is 4. The Kier molecular flexibility index (Phi) is 5.47. The van der Waals surface area contributed by atoms with E-state index in [1.807, 2.05) is 40.3 Å². The third-order valence-corrected chi connectivity index (χ3v) is 7.00. The van der Waals surface area contributed by atoms with Gasteiger partial charge in [-0.05, 0) is 63.1 Å². The summed E-state index contributed by atoms with van der Waals surface area (Å²) in [6, 6.07) is 31.7. The first-order valence-corrected chi connectivity index (χ1v) is 11.5. The minimum atomic E-state index is -1.53. The summed E-state index contributed by atoms with van der Waals surface area (Å²) in [6.45, 7) is 0. The lowest BCUT2D eigenvalue weighted by Gasteiger charge is -2.34. The van der Waals surface area contributed by atoms with Crippen molar-refractivity contribution in [2.45, 2.75) is 5.41 Å². The molecule has 0 bridgehead atoms. The van der Waals surface area contributed by atoms with E-state index in [2.05, 4.69) is 82.6 Å². The molecule has 0 saturated heterocycles. The molecule has 34 heavy (non-hydrogen) atoms. The molecule has 2 N–H and O–H groups in total. The second-order valence-electron chi connectivity index (χ2n) is 9.36. The fourth-order valence-corrected chi connectivity index (χ4v) is 5.27. The SMILES string of the molecule is CN(C)c1ccc(C2(c3ccc(N(C)C)cc3)c3ccccc3-c3ccc(B(O)O)cc32)cc1. The number of hydrogen-bond donors (Lipinski definition) is 2. The first-order chi connectivity index (χ1) is 16.3. The number of fused-ring (bicyclic) bond motifs is 3. The molecule has 0 amide bonds. The lowest BCUT2D eigenvalue weighted by molar-refractivity contribution is 0.425. The van der Waals surface area contributed by atoms with Crippen LogP contribution in [-0.2, 0) is 5.41 Å². The lowest BCUT2D eigenvalue weighted by atomic mass is 9.66. The molecule has 1 aliphatic carbocycles. The summed E-state index contributed by atoms with van der Waals surface area (Å²) in [5.74, 6) is 0. The van der Waals surface area contributed by atoms with Crippen molar-refractivity contribution in [2.75, 3.05) is 38.0 Å². The van der Waals surface area contributed by atoms with Gasteiger partial charge in [0.05, 0.1) is 5.41 Å². The summed E-state index contributed by atoms with van der Waals surface area (Å²) in [7, 11) is 6.64. The van der Waals surface area contributed by atoms with Gasteiger partial charge >= 0.3 is 7.12 Å². The molecule has 1 aliphatic rings. The number of nitrogens with zero attached hydrogens (tertiary/aromatic N) is 2. The molecule has 0 fully saturated rings. The van der Waals surface area contributed by atoms with Crippen LogP contribution in [0.25, 0.3) is 11.1 Å². The van der Waals surface area contributed by atoms with Gasteiger partial charge in [-0.3, -0.25) is 0 Å². The molecule has 5 heteroatoms. The predicted octanol–water partition coefficient (Wildman–Crippen LogP) is 3.86. The second-order valence-corrected chi connectivity index (χ2v) is 9.36. The van der Waals surface area contributed by atoms with E-state index in [-0.39, 0.29) is 0 Å². The van der Waals surface area contributed by atoms with Gasteiger partial charge in [0.25, 0.3) is 0 Å². The molecule has 170 valence electrons. The van der Waals surface area contributed by atoms with E-state index in [9.17, 15) is 10.0 Å². The molecule has 0 radical (unpaired) electrons. The summed E-state index contributed by atoms with van der Waals surface area (Å²) in [5, 5.41) is 20.0. The van der Waals surface area contributed by atoms with E-state index in [4.69, 9.17) is 0 Å². The van der Waals surface area contributed by atoms with Crippen LogP contribution < -0.4 is 15.3 Å². The van der Waals surface area contributed by atoms with Crippen LogP contribution in [0.1, 0.15) is 22.3 Å². The number of rotatable bonds is 5. The molecule has 4 aromatic carbocycles. The molecule has 0 saturated carbocycles. The molecule has 0 atom stereocenters. The number of anilines is 2. The Morgan fingerprint density at radius 3 is 1.59 bits per heavy atom. The fourth-order valence-electron chi connectivity index (χ4n) is 5.27. The van der Waals surface area contributed by atoms with E-state index >= 15 is 0 Å². The van der Waals surface area contributed by atoms with Crippen LogP contribution in [-0.4, -0.2) is 45.4 Å². The Hall–Kier alpha value is -3.54. The first kappa shape index (κ1) is 22.3. The van der Waals surface area contributed by atoms with Crippen molar-refractivity contribution < 1.29 is 10.0 Å². The largest absolute Gasteiger partial charge is 0.488 e. The maximum absolute atomic E-state index is 10.0. The highest BCUT2D eigenvalue weighted by Gasteiger charge is 2.46. The minimum Gasteiger partial charge on any atom is -0.423 e. The Bertz CT molecular complexity index is 1280. The quantitative estimate of drug-likeness (QED) is 0.401. The average Bonchev–Trinajstić information content (AvgIpc) is 3.14. The molecule has 4 nitrogen and oxygen atoms in total. The van der Waals surface area contributed by atoms with Crippen LogP contribution in [0, 0.1) is 0 Å². The van der Waals surface area contributed by atoms with Crippen molar-refractivity contribution in [1.82, 2.24) is 0 Å². The third kappa shape index (κ3) is 3.32. The van der Waals surface area contributed by atoms with Crippen molar-refractivity contribution >= 4 is 24.0 Å². The van der Waals surface area contributed by atoms with Crippen LogP contribution in [0.2, 0.25) is 0 Å². The van der Waals surface area contributed by atoms with Crippen molar-refractivity contribution in [3.05, 3.63) is 113 Å². The average molecular weight is 448 g/mol. The molecule has 0 unspecified atom stereocenters. The zero-order chi connectivity index (χ0) is 24.0. The highest BCUT2D eigenvalue weighted by atomic mass is 16.4. The molecule has 0 aliphatic heterocycles. The van der Waals surface area contributed by atoms with Crippen LogP contribution in [0.5, 0.6) is 0 Å². The van der Waals surface area contributed by atoms with Gasteiger partial charge in [-0.1, -0.05) is 66.7 Å². The summed E-state index contributed by atoms with van der Waals surface area (Å²) < 4.78 is 0. The molecular weight excluding hydrogens is 419 g/mol. The Morgan fingerprint density at radius 1 is 0.588 bits per heavy atom. The Morgan fingerprint density at radius 2 is 1.09 bits per heavy atom. The highest BCUT2D eigenvalue weighted by molar-refractivity contribution is 6.58. The third-order valence-electron chi connectivity index (χ3n) is 7.00. The van der Waals surface area contributed by atoms with Crippen molar-refractivity contribution in [3.63, 3.8) is 0 Å². The van der Waals surface area contributed by atoms with Gasteiger partial charge in [-0.25, -0.2) is 0 Å². The van der Waals surface area contributed by atoms with E-state index < -0.39 is 12.5 Å². The smallest absolute Gasteiger partial charge is 0.423 e. The molecule has 0 aromatic heterocycles. The van der Waals surface area contributed by atoms with E-state index in [1.165, 1.54) is 11.1 Å². The Labute approximate surface area is 201 Å². The summed E-state index contributed by atoms with van der Waals surface area (Å²) >= 11 is 0. The highest BCUT2D eigenvalue weighted by Crippen LogP contribution is 2.56. The minimum absolute atomic E-state index is 0.491. The predicted molar refractivity (Wildman–Crippen MR) is 142 cm³/mol. The fraction of sp³-hybridized carbons (Fsp3) is 0.172. The molecule has 4 aromatic rings. The maximum Gasteiger partial charge on any atom is 0.488 e. The Balaban J connectivity index is 1.87. The van der Waals surface area contributed by atoms with Gasteiger partial charge in [0, 0.05) is 39.6 Å². The van der Waals surface area contributed by atoms with Crippen molar-refractivity contribution in [1.29, 1.82) is 0 Å². The van der Waals surface area contributed by atoms with Crippen LogP contribution >= 0.6 is 0 Å². The standard InChI is InChI=1S/C29H29BN2O2/c1-31(2)23-14-9-20(10-15-23)29(21-11-16-24(17-12-21)32(3)4)27-8-6-5-7-25(27)26-18-13-22(30(33)34)19-28(26)29/h5-19,33-34H,1-4H3. The zero-order valence-corrected chi connectivity index (χ0v) is 20.0. The summed E-state index contributed by atoms with van der Waals surface area (Å²) in [5.41, 5.74) is 9.02. The van der Waals surface area contributed by atoms with Gasteiger partial charge in [-0.15, -0.1) is 0 Å². The van der Waals surface area contributed by atoms with Gasteiger partial charge in [-0.2, -0.15) is 0 Å². The van der Waals surface area contributed by atoms with Crippen LogP contribution in [0.4, 0.5) is 11.4 Å². The monoisotopic (exact) mass is 448 g/mol. The summed E-state index contributed by atoms with van der Waals surface area (Å²) in [4.78, 5) is 4.19. The number of benzene rings is 4. The van der Waals surface area contributed by atoms with E-state index in [0.29, 0.717) is 5.46 Å². The lowest BCUT2D eigenvalue weighted by Crippen LogP contribution is -2.34. The molecule has 0 heterocycles. The van der Waals surface area contributed by atoms with Crippen molar-refractivity contribution in [3.8, 4) is 11.1 Å². The second kappa shape index (κ2) is 8.35. The molecular formula is C29H29BN2O2. The van der Waals surface area contributed by atoms with Gasteiger partial charge < -0.3 is 19.8 Å². The molecule has 0 spiro atoms. The van der Waals surface area contributed by atoms with Gasteiger partial charge in [0.1, 0.15) is 0 Å². The zero-order valence-electron chi connectivity index (χ0n) is 20.0. The maximum atomic E-state index is 10.0. The normalized spacial score (nSPS) is 13.2. The molecule has 5 rings (SSSR count). The van der Waals surface area contributed by atoms with E-state index in [1.54, 1.807) is 6.07 Å². The van der Waals surface area contributed by atoms with Crippen LogP contribution in [0.15, 0.2) is 91.0 Å². The first-order valence-electron chi connectivity index (χ1n) is 11.5. The van der Waals surface area contributed by atoms with Gasteiger partial charge in [0.2, 0.25) is 0 Å². The van der Waals surface area contributed by atoms with Gasteiger partial charge in [0.15, 0.2) is 0 Å². The van der Waals surface area contributed by atoms with Crippen LogP contribution in [0.3, 0.4) is 0 Å². The van der Waals surface area contributed by atoms with E-state index in [0.717, 1.165) is 33.6 Å². The summed E-state index contributed by atoms with van der Waals surface area (Å²) in [6.07, 6.45) is 0.